The molecule has 0 fully saturated rings. The Bertz CT molecular complexity index is 1080. The molecule has 134 valence electrons. The summed E-state index contributed by atoms with van der Waals surface area (Å²) in [5, 5.41) is 8.27. The van der Waals surface area contributed by atoms with Crippen LogP contribution in [0.3, 0.4) is 0 Å². The van der Waals surface area contributed by atoms with E-state index in [-0.39, 0.29) is 5.91 Å². The zero-order chi connectivity index (χ0) is 18.6. The van der Waals surface area contributed by atoms with Gasteiger partial charge in [-0.15, -0.1) is 11.3 Å². The smallest absolute Gasteiger partial charge is 0.224 e. The first-order valence-corrected chi connectivity index (χ1v) is 9.82. The lowest BCUT2D eigenvalue weighted by Crippen LogP contribution is -2.24. The number of amides is 1. The molecule has 27 heavy (non-hydrogen) atoms. The Kier molecular flexibility index (Phi) is 4.99. The predicted molar refractivity (Wildman–Crippen MR) is 112 cm³/mol. The number of nitrogens with one attached hydrogen (secondary N) is 1. The SMILES string of the molecule is Cc1ccc(-c2nc(CNC(=O)Cc3cccc4ccccc34)cs2)cc1. The number of rotatable bonds is 5. The van der Waals surface area contributed by atoms with E-state index < -0.39 is 0 Å². The van der Waals surface area contributed by atoms with Crippen LogP contribution >= 0.6 is 11.3 Å². The highest BCUT2D eigenvalue weighted by Gasteiger charge is 2.09. The van der Waals surface area contributed by atoms with E-state index in [0.717, 1.165) is 32.6 Å². The third kappa shape index (κ3) is 4.07. The van der Waals surface area contributed by atoms with Crippen LogP contribution in [0.25, 0.3) is 21.3 Å². The molecule has 0 aliphatic carbocycles. The van der Waals surface area contributed by atoms with Gasteiger partial charge in [-0.05, 0) is 23.3 Å². The average molecular weight is 372 g/mol. The Balaban J connectivity index is 1.40. The minimum Gasteiger partial charge on any atom is -0.350 e. The predicted octanol–water partition coefficient (Wildman–Crippen LogP) is 5.13. The number of carbonyl (C=O) groups excluding carboxylic acids is 1. The third-order valence-electron chi connectivity index (χ3n) is 4.55. The molecule has 3 aromatic carbocycles. The Labute approximate surface area is 162 Å². The molecule has 3 nitrogen and oxygen atoms in total. The quantitative estimate of drug-likeness (QED) is 0.528. The van der Waals surface area contributed by atoms with Crippen molar-refractivity contribution in [2.24, 2.45) is 0 Å². The van der Waals surface area contributed by atoms with Crippen LogP contribution in [-0.2, 0) is 17.8 Å². The van der Waals surface area contributed by atoms with Gasteiger partial charge in [0.05, 0.1) is 18.7 Å². The number of nitrogens with zero attached hydrogens (tertiary/aromatic N) is 1. The van der Waals surface area contributed by atoms with Crippen LogP contribution in [0.2, 0.25) is 0 Å². The maximum atomic E-state index is 12.4. The van der Waals surface area contributed by atoms with Crippen molar-refractivity contribution >= 4 is 28.0 Å². The van der Waals surface area contributed by atoms with Crippen molar-refractivity contribution in [1.82, 2.24) is 10.3 Å². The van der Waals surface area contributed by atoms with E-state index in [1.807, 2.05) is 29.6 Å². The van der Waals surface area contributed by atoms with Gasteiger partial charge in [0.25, 0.3) is 0 Å². The van der Waals surface area contributed by atoms with Gasteiger partial charge in [-0.2, -0.15) is 0 Å². The number of aryl methyl sites for hydroxylation is 1. The lowest BCUT2D eigenvalue weighted by Gasteiger charge is -2.07. The Morgan fingerprint density at radius 3 is 2.63 bits per heavy atom. The van der Waals surface area contributed by atoms with Gasteiger partial charge in [0.1, 0.15) is 5.01 Å². The van der Waals surface area contributed by atoms with Crippen molar-refractivity contribution in [3.63, 3.8) is 0 Å². The highest BCUT2D eigenvalue weighted by molar-refractivity contribution is 7.13. The molecule has 4 rings (SSSR count). The Morgan fingerprint density at radius 2 is 1.78 bits per heavy atom. The first-order chi connectivity index (χ1) is 13.2. The molecule has 0 saturated heterocycles. The summed E-state index contributed by atoms with van der Waals surface area (Å²) < 4.78 is 0. The van der Waals surface area contributed by atoms with Crippen LogP contribution in [0.4, 0.5) is 0 Å². The first kappa shape index (κ1) is 17.4. The molecule has 0 saturated carbocycles. The van der Waals surface area contributed by atoms with Gasteiger partial charge in [0, 0.05) is 10.9 Å². The molecule has 0 bridgehead atoms. The van der Waals surface area contributed by atoms with Crippen LogP contribution in [0.5, 0.6) is 0 Å². The number of carbonyl (C=O) groups is 1. The molecule has 0 aliphatic rings. The molecule has 0 spiro atoms. The monoisotopic (exact) mass is 372 g/mol. The molecule has 0 aliphatic heterocycles. The molecule has 4 heteroatoms. The minimum atomic E-state index is 0.0104. The van der Waals surface area contributed by atoms with E-state index in [1.165, 1.54) is 5.56 Å². The molecule has 0 atom stereocenters. The zero-order valence-corrected chi connectivity index (χ0v) is 15.9. The molecule has 0 radical (unpaired) electrons. The summed E-state index contributed by atoms with van der Waals surface area (Å²) in [6.07, 6.45) is 0.371. The third-order valence-corrected chi connectivity index (χ3v) is 5.49. The molecular weight excluding hydrogens is 352 g/mol. The normalized spacial score (nSPS) is 10.9. The summed E-state index contributed by atoms with van der Waals surface area (Å²) in [6.45, 7) is 2.52. The van der Waals surface area contributed by atoms with Crippen molar-refractivity contribution in [1.29, 1.82) is 0 Å². The second kappa shape index (κ2) is 7.72. The maximum Gasteiger partial charge on any atom is 0.224 e. The largest absolute Gasteiger partial charge is 0.350 e. The molecule has 4 aromatic rings. The second-order valence-corrected chi connectivity index (χ2v) is 7.46. The van der Waals surface area contributed by atoms with Gasteiger partial charge in [-0.3, -0.25) is 4.79 Å². The summed E-state index contributed by atoms with van der Waals surface area (Å²) in [6, 6.07) is 22.6. The van der Waals surface area contributed by atoms with E-state index >= 15 is 0 Å². The van der Waals surface area contributed by atoms with Crippen molar-refractivity contribution in [3.8, 4) is 10.6 Å². The van der Waals surface area contributed by atoms with E-state index in [4.69, 9.17) is 0 Å². The van der Waals surface area contributed by atoms with Crippen LogP contribution in [0, 0.1) is 6.92 Å². The summed E-state index contributed by atoms with van der Waals surface area (Å²) >= 11 is 1.60. The zero-order valence-electron chi connectivity index (χ0n) is 15.1. The summed E-state index contributed by atoms with van der Waals surface area (Å²) in [4.78, 5) is 17.1. The van der Waals surface area contributed by atoms with Gasteiger partial charge in [0.2, 0.25) is 5.91 Å². The highest BCUT2D eigenvalue weighted by Crippen LogP contribution is 2.24. The molecular formula is C23H20N2OS. The van der Waals surface area contributed by atoms with Gasteiger partial charge in [-0.1, -0.05) is 72.3 Å². The van der Waals surface area contributed by atoms with Gasteiger partial charge in [-0.25, -0.2) is 4.98 Å². The summed E-state index contributed by atoms with van der Waals surface area (Å²) in [5.41, 5.74) is 4.28. The number of thiazole rings is 1. The van der Waals surface area contributed by atoms with E-state index in [2.05, 4.69) is 59.7 Å². The average Bonchev–Trinajstić information content (AvgIpc) is 3.16. The highest BCUT2D eigenvalue weighted by atomic mass is 32.1. The number of hydrogen-bond acceptors (Lipinski definition) is 3. The topological polar surface area (TPSA) is 42.0 Å². The summed E-state index contributed by atoms with van der Waals surface area (Å²) in [5.74, 6) is 0.0104. The number of hydrogen-bond donors (Lipinski definition) is 1. The fourth-order valence-electron chi connectivity index (χ4n) is 3.09. The lowest BCUT2D eigenvalue weighted by molar-refractivity contribution is -0.120. The van der Waals surface area contributed by atoms with E-state index in [1.54, 1.807) is 11.3 Å². The molecule has 1 aromatic heterocycles. The van der Waals surface area contributed by atoms with Crippen LogP contribution in [0.1, 0.15) is 16.8 Å². The van der Waals surface area contributed by atoms with Crippen LogP contribution < -0.4 is 5.32 Å². The van der Waals surface area contributed by atoms with Crippen molar-refractivity contribution in [2.45, 2.75) is 19.9 Å². The Hall–Kier alpha value is -2.98. The van der Waals surface area contributed by atoms with Crippen LogP contribution in [0.15, 0.2) is 72.1 Å². The molecule has 0 unspecified atom stereocenters. The molecule has 1 heterocycles. The van der Waals surface area contributed by atoms with Gasteiger partial charge >= 0.3 is 0 Å². The summed E-state index contributed by atoms with van der Waals surface area (Å²) in [7, 11) is 0. The van der Waals surface area contributed by atoms with Crippen molar-refractivity contribution < 1.29 is 4.79 Å². The lowest BCUT2D eigenvalue weighted by atomic mass is 10.0. The minimum absolute atomic E-state index is 0.0104. The number of aromatic nitrogens is 1. The fourth-order valence-corrected chi connectivity index (χ4v) is 3.91. The van der Waals surface area contributed by atoms with E-state index in [9.17, 15) is 4.79 Å². The molecule has 1 amide bonds. The van der Waals surface area contributed by atoms with Gasteiger partial charge < -0.3 is 5.32 Å². The standard InChI is InChI=1S/C23H20N2OS/c1-16-9-11-18(12-10-16)23-25-20(15-27-23)14-24-22(26)13-19-7-4-6-17-5-2-3-8-21(17)19/h2-12,15H,13-14H2,1H3,(H,24,26). The maximum absolute atomic E-state index is 12.4. The number of fused-ring (bicyclic) bond motifs is 1. The number of benzene rings is 3. The molecule has 1 N–H and O–H groups in total. The second-order valence-electron chi connectivity index (χ2n) is 6.60. The first-order valence-electron chi connectivity index (χ1n) is 8.94. The van der Waals surface area contributed by atoms with Crippen molar-refractivity contribution in [2.75, 3.05) is 0 Å². The fraction of sp³-hybridized carbons (Fsp3) is 0.130. The Morgan fingerprint density at radius 1 is 1.00 bits per heavy atom. The van der Waals surface area contributed by atoms with Gasteiger partial charge in [0.15, 0.2) is 0 Å². The van der Waals surface area contributed by atoms with E-state index in [0.29, 0.717) is 13.0 Å². The van der Waals surface area contributed by atoms with Crippen molar-refractivity contribution in [3.05, 3.63) is 88.9 Å². The van der Waals surface area contributed by atoms with Crippen LogP contribution in [-0.4, -0.2) is 10.9 Å².